The highest BCUT2D eigenvalue weighted by atomic mass is 16.2. The summed E-state index contributed by atoms with van der Waals surface area (Å²) in [4.78, 5) is 14.3. The van der Waals surface area contributed by atoms with Gasteiger partial charge >= 0.3 is 0 Å². The Hall–Kier alpha value is -0.570. The minimum Gasteiger partial charge on any atom is -0.342 e. The molecule has 0 aromatic heterocycles. The fraction of sp³-hybridized carbons (Fsp3) is 0.929. The van der Waals surface area contributed by atoms with Crippen LogP contribution < -0.4 is 5.32 Å². The van der Waals surface area contributed by atoms with E-state index in [9.17, 15) is 4.79 Å². The van der Waals surface area contributed by atoms with Crippen LogP contribution in [0.25, 0.3) is 0 Å². The normalized spacial score (nSPS) is 19.4. The Labute approximate surface area is 106 Å². The van der Waals surface area contributed by atoms with Gasteiger partial charge in [0.15, 0.2) is 0 Å². The van der Waals surface area contributed by atoms with Gasteiger partial charge in [-0.05, 0) is 38.8 Å². The Bertz CT molecular complexity index is 222. The predicted octanol–water partition coefficient (Wildman–Crippen LogP) is 2.27. The first-order valence-corrected chi connectivity index (χ1v) is 7.12. The second-order valence-corrected chi connectivity index (χ2v) is 5.37. The predicted molar refractivity (Wildman–Crippen MR) is 71.9 cm³/mol. The highest BCUT2D eigenvalue weighted by Crippen LogP contribution is 2.19. The Morgan fingerprint density at radius 2 is 2.06 bits per heavy atom. The van der Waals surface area contributed by atoms with Gasteiger partial charge in [-0.3, -0.25) is 4.79 Å². The van der Waals surface area contributed by atoms with Gasteiger partial charge in [-0.25, -0.2) is 0 Å². The molecule has 0 radical (unpaired) electrons. The average Bonchev–Trinajstić information content (AvgIpc) is 2.36. The zero-order valence-corrected chi connectivity index (χ0v) is 11.7. The van der Waals surface area contributed by atoms with E-state index in [2.05, 4.69) is 24.1 Å². The molecule has 100 valence electrons. The molecule has 1 N–H and O–H groups in total. The van der Waals surface area contributed by atoms with Crippen LogP contribution in [-0.4, -0.2) is 37.5 Å². The van der Waals surface area contributed by atoms with Gasteiger partial charge in [0.25, 0.3) is 0 Å². The van der Waals surface area contributed by atoms with Crippen LogP contribution in [-0.2, 0) is 4.79 Å². The van der Waals surface area contributed by atoms with Crippen molar-refractivity contribution in [3.05, 3.63) is 0 Å². The minimum atomic E-state index is 0.218. The van der Waals surface area contributed by atoms with Crippen LogP contribution in [0.2, 0.25) is 0 Å². The maximum Gasteiger partial charge on any atom is 0.225 e. The van der Waals surface area contributed by atoms with Crippen LogP contribution in [0.4, 0.5) is 0 Å². The molecule has 1 aliphatic heterocycles. The smallest absolute Gasteiger partial charge is 0.225 e. The molecule has 1 rings (SSSR count). The van der Waals surface area contributed by atoms with Crippen molar-refractivity contribution in [2.45, 2.75) is 46.0 Å². The number of amides is 1. The lowest BCUT2D eigenvalue weighted by atomic mass is 9.95. The van der Waals surface area contributed by atoms with E-state index in [1.165, 1.54) is 12.8 Å². The number of carbonyl (C=O) groups is 1. The first-order valence-electron chi connectivity index (χ1n) is 7.12. The number of nitrogens with zero attached hydrogens (tertiary/aromatic N) is 1. The molecule has 0 aliphatic carbocycles. The molecule has 0 bridgehead atoms. The SMILES string of the molecule is CCCCC(C)C(=O)N1CCC(CNC)CC1. The number of carbonyl (C=O) groups excluding carboxylic acids is 1. The molecule has 3 heteroatoms. The van der Waals surface area contributed by atoms with Gasteiger partial charge in [-0.15, -0.1) is 0 Å². The van der Waals surface area contributed by atoms with Crippen LogP contribution in [0, 0.1) is 11.8 Å². The van der Waals surface area contributed by atoms with E-state index < -0.39 is 0 Å². The van der Waals surface area contributed by atoms with Crippen molar-refractivity contribution in [3.63, 3.8) is 0 Å². The van der Waals surface area contributed by atoms with Crippen LogP contribution >= 0.6 is 0 Å². The highest BCUT2D eigenvalue weighted by Gasteiger charge is 2.25. The molecule has 1 saturated heterocycles. The summed E-state index contributed by atoms with van der Waals surface area (Å²) >= 11 is 0. The Kier molecular flexibility index (Phi) is 6.56. The third-order valence-electron chi connectivity index (χ3n) is 3.83. The largest absolute Gasteiger partial charge is 0.342 e. The van der Waals surface area contributed by atoms with Crippen molar-refractivity contribution in [2.75, 3.05) is 26.7 Å². The van der Waals surface area contributed by atoms with Gasteiger partial charge in [0.1, 0.15) is 0 Å². The molecule has 0 aromatic rings. The summed E-state index contributed by atoms with van der Waals surface area (Å²) in [5.41, 5.74) is 0. The lowest BCUT2D eigenvalue weighted by molar-refractivity contribution is -0.136. The maximum atomic E-state index is 12.2. The quantitative estimate of drug-likeness (QED) is 0.772. The third kappa shape index (κ3) is 4.66. The molecule has 17 heavy (non-hydrogen) atoms. The zero-order chi connectivity index (χ0) is 12.7. The van der Waals surface area contributed by atoms with Crippen molar-refractivity contribution < 1.29 is 4.79 Å². The van der Waals surface area contributed by atoms with E-state index >= 15 is 0 Å². The average molecular weight is 240 g/mol. The summed E-state index contributed by atoms with van der Waals surface area (Å²) in [5, 5.41) is 3.23. The number of piperidine rings is 1. The lowest BCUT2D eigenvalue weighted by Gasteiger charge is -2.33. The van der Waals surface area contributed by atoms with E-state index in [0.29, 0.717) is 5.91 Å². The van der Waals surface area contributed by atoms with E-state index in [4.69, 9.17) is 0 Å². The number of rotatable bonds is 6. The van der Waals surface area contributed by atoms with E-state index in [1.807, 2.05) is 7.05 Å². The second kappa shape index (κ2) is 7.70. The summed E-state index contributed by atoms with van der Waals surface area (Å²) in [5.74, 6) is 1.35. The summed E-state index contributed by atoms with van der Waals surface area (Å²) in [7, 11) is 2.00. The van der Waals surface area contributed by atoms with E-state index in [0.717, 1.165) is 44.8 Å². The summed E-state index contributed by atoms with van der Waals surface area (Å²) in [6.07, 6.45) is 5.72. The molecule has 0 spiro atoms. The lowest BCUT2D eigenvalue weighted by Crippen LogP contribution is -2.42. The molecule has 3 nitrogen and oxygen atoms in total. The minimum absolute atomic E-state index is 0.218. The maximum absolute atomic E-state index is 12.2. The van der Waals surface area contributed by atoms with E-state index in [1.54, 1.807) is 0 Å². The number of hydrogen-bond acceptors (Lipinski definition) is 2. The van der Waals surface area contributed by atoms with Crippen molar-refractivity contribution in [2.24, 2.45) is 11.8 Å². The molecule has 1 heterocycles. The molecule has 1 atom stereocenters. The van der Waals surface area contributed by atoms with Crippen LogP contribution in [0.15, 0.2) is 0 Å². The topological polar surface area (TPSA) is 32.3 Å². The molecule has 0 aromatic carbocycles. The van der Waals surface area contributed by atoms with Gasteiger partial charge in [0.05, 0.1) is 0 Å². The highest BCUT2D eigenvalue weighted by molar-refractivity contribution is 5.78. The van der Waals surface area contributed by atoms with Gasteiger partial charge in [-0.1, -0.05) is 26.7 Å². The summed E-state index contributed by atoms with van der Waals surface area (Å²) < 4.78 is 0. The van der Waals surface area contributed by atoms with Crippen molar-refractivity contribution in [1.82, 2.24) is 10.2 Å². The molecule has 1 aliphatic rings. The van der Waals surface area contributed by atoms with Crippen LogP contribution in [0.3, 0.4) is 0 Å². The first kappa shape index (κ1) is 14.5. The molecule has 0 saturated carbocycles. The standard InChI is InChI=1S/C14H28N2O/c1-4-5-6-12(2)14(17)16-9-7-13(8-10-16)11-15-3/h12-13,15H,4-11H2,1-3H3. The summed E-state index contributed by atoms with van der Waals surface area (Å²) in [6.45, 7) is 7.27. The number of unbranched alkanes of at least 4 members (excludes halogenated alkanes) is 1. The number of likely N-dealkylation sites (tertiary alicyclic amines) is 1. The Balaban J connectivity index is 2.30. The van der Waals surface area contributed by atoms with E-state index in [-0.39, 0.29) is 5.92 Å². The molecular formula is C14H28N2O. The first-order chi connectivity index (χ1) is 8.19. The van der Waals surface area contributed by atoms with Gasteiger partial charge in [-0.2, -0.15) is 0 Å². The van der Waals surface area contributed by atoms with Gasteiger partial charge in [0, 0.05) is 19.0 Å². The fourth-order valence-corrected chi connectivity index (χ4v) is 2.59. The Morgan fingerprint density at radius 1 is 1.41 bits per heavy atom. The van der Waals surface area contributed by atoms with Crippen molar-refractivity contribution in [3.8, 4) is 0 Å². The monoisotopic (exact) mass is 240 g/mol. The molecule has 1 fully saturated rings. The third-order valence-corrected chi connectivity index (χ3v) is 3.83. The molecular weight excluding hydrogens is 212 g/mol. The number of hydrogen-bond donors (Lipinski definition) is 1. The number of nitrogens with one attached hydrogen (secondary N) is 1. The van der Waals surface area contributed by atoms with Gasteiger partial charge < -0.3 is 10.2 Å². The van der Waals surface area contributed by atoms with Gasteiger partial charge in [0.2, 0.25) is 5.91 Å². The van der Waals surface area contributed by atoms with Crippen molar-refractivity contribution >= 4 is 5.91 Å². The molecule has 1 amide bonds. The summed E-state index contributed by atoms with van der Waals surface area (Å²) in [6, 6.07) is 0. The second-order valence-electron chi connectivity index (χ2n) is 5.37. The van der Waals surface area contributed by atoms with Crippen molar-refractivity contribution in [1.29, 1.82) is 0 Å². The van der Waals surface area contributed by atoms with Crippen LogP contribution in [0.5, 0.6) is 0 Å². The fourth-order valence-electron chi connectivity index (χ4n) is 2.59. The zero-order valence-electron chi connectivity index (χ0n) is 11.7. The Morgan fingerprint density at radius 3 is 2.59 bits per heavy atom. The molecule has 1 unspecified atom stereocenters. The van der Waals surface area contributed by atoms with Crippen LogP contribution in [0.1, 0.15) is 46.0 Å².